The van der Waals surface area contributed by atoms with Crippen molar-refractivity contribution in [2.45, 2.75) is 25.7 Å². The molecule has 0 unspecified atom stereocenters. The van der Waals surface area contributed by atoms with Crippen LogP contribution < -0.4 is 14.9 Å². The summed E-state index contributed by atoms with van der Waals surface area (Å²) in [6.45, 7) is 2.86. The molecule has 1 aliphatic rings. The second-order valence-electron chi connectivity index (χ2n) is 6.92. The third-order valence-corrected chi connectivity index (χ3v) is 4.51. The number of hydrazone groups is 1. The van der Waals surface area contributed by atoms with Crippen molar-refractivity contribution in [2.24, 2.45) is 5.10 Å². The molecule has 31 heavy (non-hydrogen) atoms. The van der Waals surface area contributed by atoms with Crippen LogP contribution in [0, 0.1) is 10.1 Å². The van der Waals surface area contributed by atoms with E-state index in [4.69, 9.17) is 18.9 Å². The molecule has 0 aromatic heterocycles. The zero-order valence-corrected chi connectivity index (χ0v) is 17.2. The highest BCUT2D eigenvalue weighted by Crippen LogP contribution is 2.28. The van der Waals surface area contributed by atoms with Gasteiger partial charge < -0.3 is 18.9 Å². The van der Waals surface area contributed by atoms with Gasteiger partial charge in [0.25, 0.3) is 5.69 Å². The van der Waals surface area contributed by atoms with Crippen LogP contribution in [0.1, 0.15) is 24.5 Å². The lowest BCUT2D eigenvalue weighted by Crippen LogP contribution is -2.33. The Balaban J connectivity index is 1.55. The molecule has 10 heteroatoms. The molecule has 1 heterocycles. The van der Waals surface area contributed by atoms with Crippen LogP contribution in [0.25, 0.3) is 0 Å². The van der Waals surface area contributed by atoms with Gasteiger partial charge in [-0.25, -0.2) is 5.43 Å². The van der Waals surface area contributed by atoms with E-state index in [-0.39, 0.29) is 24.6 Å². The largest absolute Gasteiger partial charge is 0.493 e. The molecule has 0 aliphatic carbocycles. The van der Waals surface area contributed by atoms with Gasteiger partial charge in [0.1, 0.15) is 6.61 Å². The van der Waals surface area contributed by atoms with Gasteiger partial charge >= 0.3 is 0 Å². The van der Waals surface area contributed by atoms with E-state index in [9.17, 15) is 14.9 Å². The minimum absolute atomic E-state index is 0.0226. The number of nitro benzene ring substituents is 1. The number of nitrogens with zero attached hydrogens (tertiary/aromatic N) is 2. The summed E-state index contributed by atoms with van der Waals surface area (Å²) in [5.41, 5.74) is 3.94. The highest BCUT2D eigenvalue weighted by molar-refractivity contribution is 5.83. The minimum Gasteiger partial charge on any atom is -0.493 e. The van der Waals surface area contributed by atoms with Gasteiger partial charge in [0, 0.05) is 12.1 Å². The maximum atomic E-state index is 12.0. The SMILES string of the molecule is COc1cc(/C=N/NC(=O)CC2(C)OCCO2)ccc1OCc1ccc([N+](=O)[O-])cc1. The zero-order valence-electron chi connectivity index (χ0n) is 17.2. The van der Waals surface area contributed by atoms with Crippen LogP contribution in [0.15, 0.2) is 47.6 Å². The predicted molar refractivity (Wildman–Crippen MR) is 111 cm³/mol. The van der Waals surface area contributed by atoms with Gasteiger partial charge in [0.05, 0.1) is 37.9 Å². The van der Waals surface area contributed by atoms with E-state index in [0.717, 1.165) is 5.56 Å². The fourth-order valence-corrected chi connectivity index (χ4v) is 2.93. The smallest absolute Gasteiger partial charge is 0.269 e. The van der Waals surface area contributed by atoms with Crippen molar-refractivity contribution in [3.63, 3.8) is 0 Å². The average molecular weight is 429 g/mol. The fraction of sp³-hybridized carbons (Fsp3) is 0.333. The van der Waals surface area contributed by atoms with Crippen LogP contribution >= 0.6 is 0 Å². The van der Waals surface area contributed by atoms with E-state index in [2.05, 4.69) is 10.5 Å². The first kappa shape index (κ1) is 22.2. The number of amides is 1. The van der Waals surface area contributed by atoms with Gasteiger partial charge in [-0.05, 0) is 48.4 Å². The van der Waals surface area contributed by atoms with E-state index < -0.39 is 10.7 Å². The van der Waals surface area contributed by atoms with Crippen LogP contribution in [0.5, 0.6) is 11.5 Å². The van der Waals surface area contributed by atoms with Crippen molar-refractivity contribution in [3.05, 3.63) is 63.7 Å². The number of hydrogen-bond donors (Lipinski definition) is 1. The Bertz CT molecular complexity index is 954. The van der Waals surface area contributed by atoms with Crippen LogP contribution in [0.2, 0.25) is 0 Å². The van der Waals surface area contributed by atoms with Gasteiger partial charge in [0.2, 0.25) is 5.91 Å². The molecular weight excluding hydrogens is 406 g/mol. The van der Waals surface area contributed by atoms with Gasteiger partial charge in [-0.15, -0.1) is 0 Å². The summed E-state index contributed by atoms with van der Waals surface area (Å²) in [6.07, 6.45) is 1.53. The van der Waals surface area contributed by atoms with E-state index in [1.54, 1.807) is 37.3 Å². The summed E-state index contributed by atoms with van der Waals surface area (Å²) in [7, 11) is 1.51. The summed E-state index contributed by atoms with van der Waals surface area (Å²) < 4.78 is 21.9. The van der Waals surface area contributed by atoms with E-state index >= 15 is 0 Å². The number of non-ortho nitro benzene ring substituents is 1. The second-order valence-corrected chi connectivity index (χ2v) is 6.92. The minimum atomic E-state index is -0.911. The van der Waals surface area contributed by atoms with Crippen LogP contribution in [0.3, 0.4) is 0 Å². The number of rotatable bonds is 9. The van der Waals surface area contributed by atoms with Gasteiger partial charge in [-0.1, -0.05) is 0 Å². The number of carbonyl (C=O) groups is 1. The molecule has 0 radical (unpaired) electrons. The summed E-state index contributed by atoms with van der Waals surface area (Å²) in [4.78, 5) is 22.3. The molecule has 10 nitrogen and oxygen atoms in total. The number of nitro groups is 1. The highest BCUT2D eigenvalue weighted by Gasteiger charge is 2.33. The van der Waals surface area contributed by atoms with Crippen molar-refractivity contribution >= 4 is 17.8 Å². The summed E-state index contributed by atoms with van der Waals surface area (Å²) in [5, 5.41) is 14.7. The van der Waals surface area contributed by atoms with Crippen molar-refractivity contribution in [2.75, 3.05) is 20.3 Å². The van der Waals surface area contributed by atoms with E-state index in [1.807, 2.05) is 0 Å². The molecule has 3 rings (SSSR count). The molecule has 1 amide bonds. The van der Waals surface area contributed by atoms with Crippen molar-refractivity contribution in [1.29, 1.82) is 0 Å². The number of benzene rings is 2. The number of ether oxygens (including phenoxy) is 4. The molecule has 2 aromatic rings. The summed E-state index contributed by atoms with van der Waals surface area (Å²) in [5.74, 6) is -0.246. The van der Waals surface area contributed by atoms with Gasteiger partial charge in [0.15, 0.2) is 17.3 Å². The molecule has 1 fully saturated rings. The second kappa shape index (κ2) is 10.0. The van der Waals surface area contributed by atoms with Crippen molar-refractivity contribution in [3.8, 4) is 11.5 Å². The third-order valence-electron chi connectivity index (χ3n) is 4.51. The Hall–Kier alpha value is -3.50. The normalized spacial score (nSPS) is 15.0. The molecular formula is C21H23N3O7. The van der Waals surface area contributed by atoms with Crippen LogP contribution in [0.4, 0.5) is 5.69 Å². The molecule has 0 spiro atoms. The van der Waals surface area contributed by atoms with E-state index in [0.29, 0.717) is 30.3 Å². The quantitative estimate of drug-likeness (QED) is 0.369. The lowest BCUT2D eigenvalue weighted by atomic mass is 10.2. The van der Waals surface area contributed by atoms with Crippen LogP contribution in [-0.4, -0.2) is 43.2 Å². The summed E-state index contributed by atoms with van der Waals surface area (Å²) >= 11 is 0. The van der Waals surface area contributed by atoms with Crippen LogP contribution in [-0.2, 0) is 20.9 Å². The predicted octanol–water partition coefficient (Wildman–Crippen LogP) is 2.79. The standard InChI is InChI=1S/C21H23N3O7/c1-21(30-9-10-31-21)12-20(25)23-22-13-16-5-8-18(19(11-16)28-2)29-14-15-3-6-17(7-4-15)24(26)27/h3-8,11,13H,9-10,12,14H2,1-2H3,(H,23,25)/b22-13+. The topological polar surface area (TPSA) is 122 Å². The molecule has 1 aliphatic heterocycles. The molecule has 0 saturated carbocycles. The maximum Gasteiger partial charge on any atom is 0.269 e. The first-order chi connectivity index (χ1) is 14.9. The number of hydrogen-bond acceptors (Lipinski definition) is 8. The first-order valence-corrected chi connectivity index (χ1v) is 9.52. The zero-order chi connectivity index (χ0) is 22.3. The Labute approximate surface area is 178 Å². The molecule has 164 valence electrons. The average Bonchev–Trinajstić information content (AvgIpc) is 3.18. The lowest BCUT2D eigenvalue weighted by molar-refractivity contribution is -0.384. The third kappa shape index (κ3) is 6.24. The Kier molecular flexibility index (Phi) is 7.16. The molecule has 1 saturated heterocycles. The molecule has 1 N–H and O–H groups in total. The first-order valence-electron chi connectivity index (χ1n) is 9.52. The highest BCUT2D eigenvalue weighted by atomic mass is 16.7. The lowest BCUT2D eigenvalue weighted by Gasteiger charge is -2.20. The van der Waals surface area contributed by atoms with Gasteiger partial charge in [-0.3, -0.25) is 14.9 Å². The fourth-order valence-electron chi connectivity index (χ4n) is 2.93. The maximum absolute atomic E-state index is 12.0. The monoisotopic (exact) mass is 429 g/mol. The van der Waals surface area contributed by atoms with Crippen molar-refractivity contribution < 1.29 is 28.7 Å². The Morgan fingerprint density at radius 2 is 1.94 bits per heavy atom. The Morgan fingerprint density at radius 1 is 1.23 bits per heavy atom. The summed E-state index contributed by atoms with van der Waals surface area (Å²) in [6, 6.07) is 11.3. The molecule has 0 atom stereocenters. The number of carbonyl (C=O) groups excluding carboxylic acids is 1. The van der Waals surface area contributed by atoms with E-state index in [1.165, 1.54) is 25.5 Å². The molecule has 0 bridgehead atoms. The van der Waals surface area contributed by atoms with Gasteiger partial charge in [-0.2, -0.15) is 5.10 Å². The Morgan fingerprint density at radius 3 is 2.58 bits per heavy atom. The molecule has 2 aromatic carbocycles. The van der Waals surface area contributed by atoms with Crippen molar-refractivity contribution in [1.82, 2.24) is 5.43 Å². The number of nitrogens with one attached hydrogen (secondary N) is 1. The number of methoxy groups -OCH3 is 1.